The fraction of sp³-hybridized carbons (Fsp3) is 0.222. The van der Waals surface area contributed by atoms with Crippen LogP contribution in [0.1, 0.15) is 27.9 Å². The maximum Gasteiger partial charge on any atom is 0.266 e. The van der Waals surface area contributed by atoms with Crippen molar-refractivity contribution in [2.45, 2.75) is 18.4 Å². The topological polar surface area (TPSA) is 88.4 Å². The summed E-state index contributed by atoms with van der Waals surface area (Å²) < 4.78 is 11.5. The molecule has 0 saturated carbocycles. The molecule has 0 fully saturated rings. The molecule has 2 aliphatic heterocycles. The van der Waals surface area contributed by atoms with E-state index in [1.54, 1.807) is 42.5 Å². The normalized spacial score (nSPS) is 18.9. The van der Waals surface area contributed by atoms with Crippen LogP contribution in [-0.4, -0.2) is 48.2 Å². The van der Waals surface area contributed by atoms with Crippen molar-refractivity contribution in [3.63, 3.8) is 0 Å². The third kappa shape index (κ3) is 3.95. The number of aliphatic imine (C=N–C) groups is 1. The largest absolute Gasteiger partial charge is 0.494 e. The highest BCUT2D eigenvalue weighted by Crippen LogP contribution is 2.38. The molecule has 3 aromatic carbocycles. The van der Waals surface area contributed by atoms with Crippen molar-refractivity contribution in [3.8, 4) is 5.75 Å². The quantitative estimate of drug-likeness (QED) is 0.454. The van der Waals surface area contributed by atoms with Crippen molar-refractivity contribution < 1.29 is 24.2 Å². The highest BCUT2D eigenvalue weighted by molar-refractivity contribution is 6.25. The van der Waals surface area contributed by atoms with E-state index in [2.05, 4.69) is 0 Å². The zero-order chi connectivity index (χ0) is 23.5. The second-order valence-electron chi connectivity index (χ2n) is 8.30. The number of fused-ring (bicyclic) bond motifs is 1. The van der Waals surface area contributed by atoms with Gasteiger partial charge >= 0.3 is 0 Å². The van der Waals surface area contributed by atoms with Gasteiger partial charge in [-0.3, -0.25) is 9.59 Å². The predicted molar refractivity (Wildman–Crippen MR) is 127 cm³/mol. The molecular weight excluding hydrogens is 432 g/mol. The van der Waals surface area contributed by atoms with E-state index in [0.29, 0.717) is 42.3 Å². The third-order valence-corrected chi connectivity index (χ3v) is 5.98. The van der Waals surface area contributed by atoms with Gasteiger partial charge in [-0.1, -0.05) is 36.4 Å². The van der Waals surface area contributed by atoms with Gasteiger partial charge in [0.2, 0.25) is 5.90 Å². The fourth-order valence-corrected chi connectivity index (χ4v) is 4.24. The lowest BCUT2D eigenvalue weighted by molar-refractivity contribution is -0.123. The summed E-state index contributed by atoms with van der Waals surface area (Å²) in [7, 11) is 0. The number of anilines is 1. The van der Waals surface area contributed by atoms with Crippen LogP contribution in [-0.2, 0) is 16.0 Å². The molecule has 1 N–H and O–H groups in total. The molecule has 3 aromatic rings. The van der Waals surface area contributed by atoms with Crippen molar-refractivity contribution in [2.75, 3.05) is 24.7 Å². The average Bonchev–Trinajstić information content (AvgIpc) is 3.30. The maximum absolute atomic E-state index is 13.8. The highest BCUT2D eigenvalue weighted by Gasteiger charge is 2.52. The van der Waals surface area contributed by atoms with Gasteiger partial charge in [0, 0.05) is 30.6 Å². The van der Waals surface area contributed by atoms with E-state index in [4.69, 9.17) is 19.6 Å². The first-order chi connectivity index (χ1) is 16.6. The average molecular weight is 456 g/mol. The molecule has 0 bridgehead atoms. The van der Waals surface area contributed by atoms with E-state index < -0.39 is 5.54 Å². The number of aliphatic hydroxyl groups excluding tert-OH is 1. The van der Waals surface area contributed by atoms with Crippen LogP contribution in [0.15, 0.2) is 83.9 Å². The summed E-state index contributed by atoms with van der Waals surface area (Å²) in [6, 6.07) is 23.4. The lowest BCUT2D eigenvalue weighted by atomic mass is 9.85. The van der Waals surface area contributed by atoms with Crippen LogP contribution in [0, 0.1) is 0 Å². The van der Waals surface area contributed by atoms with E-state index >= 15 is 0 Å². The van der Waals surface area contributed by atoms with Gasteiger partial charge in [0.05, 0.1) is 12.3 Å². The lowest BCUT2D eigenvalue weighted by Gasteiger charge is -2.36. The SMILES string of the molecule is O=C(c1ccccc1)N1C(=O)[C@@]2(COC(c3ccc(OCCCO)cc3)=N2)Cc2ccccc21. The fourth-order valence-electron chi connectivity index (χ4n) is 4.24. The second-order valence-corrected chi connectivity index (χ2v) is 8.30. The number of carbonyl (C=O) groups is 2. The Morgan fingerprint density at radius 2 is 1.76 bits per heavy atom. The van der Waals surface area contributed by atoms with Gasteiger partial charge in [0.1, 0.15) is 12.4 Å². The predicted octanol–water partition coefficient (Wildman–Crippen LogP) is 3.39. The number of benzene rings is 3. The molecule has 7 nitrogen and oxygen atoms in total. The second kappa shape index (κ2) is 9.11. The van der Waals surface area contributed by atoms with Crippen LogP contribution in [0.4, 0.5) is 5.69 Å². The van der Waals surface area contributed by atoms with Gasteiger partial charge in [-0.2, -0.15) is 0 Å². The molecule has 0 unspecified atom stereocenters. The van der Waals surface area contributed by atoms with E-state index in [1.807, 2.05) is 36.4 Å². The molecule has 0 saturated heterocycles. The number of hydrogen-bond donors (Lipinski definition) is 1. The van der Waals surface area contributed by atoms with Crippen molar-refractivity contribution in [1.82, 2.24) is 0 Å². The number of hydrogen-bond acceptors (Lipinski definition) is 6. The summed E-state index contributed by atoms with van der Waals surface area (Å²) in [4.78, 5) is 33.2. The van der Waals surface area contributed by atoms with Crippen LogP contribution < -0.4 is 9.64 Å². The standard InChI is InChI=1S/C27H24N2O5/c30-15-6-16-33-22-13-11-19(12-14-22)24-28-27(18-34-24)17-21-9-4-5-10-23(21)29(26(27)32)25(31)20-7-2-1-3-8-20/h1-5,7-14,30H,6,15-18H2/t27-/m0/s1. The number of amides is 2. The molecule has 1 atom stereocenters. The summed E-state index contributed by atoms with van der Waals surface area (Å²) in [6.07, 6.45) is 0.911. The van der Waals surface area contributed by atoms with E-state index in [9.17, 15) is 9.59 Å². The van der Waals surface area contributed by atoms with Crippen LogP contribution in [0.25, 0.3) is 0 Å². The monoisotopic (exact) mass is 456 g/mol. The number of rotatable bonds is 6. The number of aliphatic hydroxyl groups is 1. The minimum absolute atomic E-state index is 0.0584. The smallest absolute Gasteiger partial charge is 0.266 e. The first kappa shape index (κ1) is 21.9. The Morgan fingerprint density at radius 3 is 2.53 bits per heavy atom. The molecule has 0 aromatic heterocycles. The molecule has 34 heavy (non-hydrogen) atoms. The van der Waals surface area contributed by atoms with Crippen LogP contribution in [0.5, 0.6) is 5.75 Å². The minimum Gasteiger partial charge on any atom is -0.494 e. The molecule has 5 rings (SSSR count). The summed E-state index contributed by atoms with van der Waals surface area (Å²) in [5.74, 6) is 0.263. The Morgan fingerprint density at radius 1 is 1.03 bits per heavy atom. The van der Waals surface area contributed by atoms with Gasteiger partial charge < -0.3 is 14.6 Å². The van der Waals surface area contributed by atoms with Crippen LogP contribution in [0.2, 0.25) is 0 Å². The molecule has 172 valence electrons. The molecule has 2 amide bonds. The van der Waals surface area contributed by atoms with E-state index in [1.165, 1.54) is 4.90 Å². The first-order valence-electron chi connectivity index (χ1n) is 11.2. The summed E-state index contributed by atoms with van der Waals surface area (Å²) in [5, 5.41) is 8.89. The molecule has 2 heterocycles. The van der Waals surface area contributed by atoms with Crippen molar-refractivity contribution in [2.24, 2.45) is 4.99 Å². The Bertz CT molecular complexity index is 1240. The maximum atomic E-state index is 13.8. The van der Waals surface area contributed by atoms with E-state index in [0.717, 1.165) is 11.1 Å². The molecule has 1 spiro atoms. The van der Waals surface area contributed by atoms with Crippen LogP contribution >= 0.6 is 0 Å². The van der Waals surface area contributed by atoms with Crippen LogP contribution in [0.3, 0.4) is 0 Å². The van der Waals surface area contributed by atoms with Gasteiger partial charge in [-0.25, -0.2) is 9.89 Å². The molecular formula is C27H24N2O5. The van der Waals surface area contributed by atoms with Gasteiger partial charge in [-0.15, -0.1) is 0 Å². The van der Waals surface area contributed by atoms with Gasteiger partial charge in [0.25, 0.3) is 11.8 Å². The summed E-state index contributed by atoms with van der Waals surface area (Å²) in [5.41, 5.74) is 1.40. The van der Waals surface area contributed by atoms with E-state index in [-0.39, 0.29) is 25.0 Å². The zero-order valence-electron chi connectivity index (χ0n) is 18.5. The summed E-state index contributed by atoms with van der Waals surface area (Å²) >= 11 is 0. The number of ether oxygens (including phenoxy) is 2. The van der Waals surface area contributed by atoms with Gasteiger partial charge in [0.15, 0.2) is 5.54 Å². The summed E-state index contributed by atoms with van der Waals surface area (Å²) in [6.45, 7) is 0.560. The van der Waals surface area contributed by atoms with Crippen molar-refractivity contribution >= 4 is 23.4 Å². The highest BCUT2D eigenvalue weighted by atomic mass is 16.5. The number of carbonyl (C=O) groups excluding carboxylic acids is 2. The zero-order valence-corrected chi connectivity index (χ0v) is 18.5. The van der Waals surface area contributed by atoms with Crippen molar-refractivity contribution in [1.29, 1.82) is 0 Å². The Kier molecular flexibility index (Phi) is 5.86. The number of para-hydroxylation sites is 1. The van der Waals surface area contributed by atoms with Gasteiger partial charge in [-0.05, 0) is 48.0 Å². The lowest BCUT2D eigenvalue weighted by Crippen LogP contribution is -2.56. The molecule has 0 radical (unpaired) electrons. The molecule has 2 aliphatic rings. The number of nitrogens with zero attached hydrogens (tertiary/aromatic N) is 2. The third-order valence-electron chi connectivity index (χ3n) is 5.98. The molecule has 0 aliphatic carbocycles. The minimum atomic E-state index is -1.20. The van der Waals surface area contributed by atoms with Crippen molar-refractivity contribution in [3.05, 3.63) is 95.6 Å². The first-order valence-corrected chi connectivity index (χ1v) is 11.2. The Hall–Kier alpha value is -3.97. The Labute approximate surface area is 197 Å². The Balaban J connectivity index is 1.47. The molecule has 7 heteroatoms. The number of imide groups is 1.